The first-order chi connectivity index (χ1) is 16.2. The van der Waals surface area contributed by atoms with Gasteiger partial charge in [-0.15, -0.1) is 0 Å². The van der Waals surface area contributed by atoms with Crippen LogP contribution in [-0.2, 0) is 25.4 Å². The van der Waals surface area contributed by atoms with Crippen molar-refractivity contribution in [1.82, 2.24) is 23.6 Å². The zero-order valence-electron chi connectivity index (χ0n) is 20.6. The van der Waals surface area contributed by atoms with E-state index in [2.05, 4.69) is 11.1 Å². The van der Waals surface area contributed by atoms with Crippen molar-refractivity contribution in [1.29, 1.82) is 0 Å². The topological polar surface area (TPSA) is 91.4 Å². The summed E-state index contributed by atoms with van der Waals surface area (Å²) in [5, 5.41) is 0. The molecular formula is C25H33N5O4. The van der Waals surface area contributed by atoms with Crippen LogP contribution in [0.1, 0.15) is 44.2 Å². The minimum atomic E-state index is -0.429. The molecule has 1 fully saturated rings. The Morgan fingerprint density at radius 1 is 1.15 bits per heavy atom. The Balaban J connectivity index is 1.66. The first-order valence-corrected chi connectivity index (χ1v) is 11.8. The molecule has 34 heavy (non-hydrogen) atoms. The molecule has 2 aromatic heterocycles. The van der Waals surface area contributed by atoms with Crippen LogP contribution in [0, 0.1) is 12.8 Å². The van der Waals surface area contributed by atoms with Crippen molar-refractivity contribution in [2.24, 2.45) is 20.0 Å². The van der Waals surface area contributed by atoms with Gasteiger partial charge in [0.05, 0.1) is 6.54 Å². The Kier molecular flexibility index (Phi) is 6.63. The van der Waals surface area contributed by atoms with Gasteiger partial charge in [-0.05, 0) is 18.4 Å². The Hall–Kier alpha value is -3.36. The molecule has 0 saturated carbocycles. The third-order valence-corrected chi connectivity index (χ3v) is 6.39. The van der Waals surface area contributed by atoms with Crippen LogP contribution in [-0.4, -0.2) is 48.7 Å². The molecule has 1 aromatic carbocycles. The fraction of sp³-hybridized carbons (Fsp3) is 0.520. The third-order valence-electron chi connectivity index (χ3n) is 6.39. The maximum Gasteiger partial charge on any atom is 0.332 e. The maximum atomic E-state index is 13.1. The number of amides is 1. The molecule has 182 valence electrons. The highest BCUT2D eigenvalue weighted by Gasteiger charge is 2.27. The summed E-state index contributed by atoms with van der Waals surface area (Å²) in [4.78, 5) is 44.5. The molecule has 0 unspecified atom stereocenters. The normalized spacial score (nSPS) is 14.8. The second-order valence-corrected chi connectivity index (χ2v) is 9.64. The van der Waals surface area contributed by atoms with E-state index in [4.69, 9.17) is 4.74 Å². The number of benzene rings is 1. The van der Waals surface area contributed by atoms with E-state index >= 15 is 0 Å². The number of fused-ring (bicyclic) bond motifs is 1. The number of aryl methyl sites for hydroxylation is 2. The largest absolute Gasteiger partial charge is 0.461 e. The lowest BCUT2D eigenvalue weighted by Gasteiger charge is -2.32. The molecule has 1 amide bonds. The van der Waals surface area contributed by atoms with Crippen molar-refractivity contribution < 1.29 is 9.53 Å². The summed E-state index contributed by atoms with van der Waals surface area (Å²) in [6.45, 7) is 7.77. The molecule has 0 atom stereocenters. The number of imidazole rings is 1. The van der Waals surface area contributed by atoms with E-state index in [0.717, 1.165) is 15.7 Å². The molecule has 0 radical (unpaired) electrons. The summed E-state index contributed by atoms with van der Waals surface area (Å²) in [5.74, 6) is 0.510. The molecule has 0 bridgehead atoms. The second kappa shape index (κ2) is 9.48. The van der Waals surface area contributed by atoms with Crippen molar-refractivity contribution >= 4 is 17.1 Å². The monoisotopic (exact) mass is 467 g/mol. The maximum absolute atomic E-state index is 13.1. The average Bonchev–Trinajstić information content (AvgIpc) is 3.14. The summed E-state index contributed by atoms with van der Waals surface area (Å²) in [7, 11) is 3.08. The van der Waals surface area contributed by atoms with E-state index in [1.807, 2.05) is 43.9 Å². The lowest BCUT2D eigenvalue weighted by Crippen LogP contribution is -2.42. The highest BCUT2D eigenvalue weighted by Crippen LogP contribution is 2.24. The van der Waals surface area contributed by atoms with Crippen molar-refractivity contribution in [3.05, 3.63) is 56.2 Å². The van der Waals surface area contributed by atoms with Crippen LogP contribution in [0.15, 0.2) is 33.9 Å². The number of carbonyl (C=O) groups is 1. The van der Waals surface area contributed by atoms with Crippen LogP contribution in [0.5, 0.6) is 6.01 Å². The van der Waals surface area contributed by atoms with Crippen LogP contribution >= 0.6 is 0 Å². The van der Waals surface area contributed by atoms with Crippen molar-refractivity contribution in [2.45, 2.75) is 52.7 Å². The van der Waals surface area contributed by atoms with Crippen LogP contribution in [0.25, 0.3) is 11.2 Å². The smallest absolute Gasteiger partial charge is 0.332 e. The number of nitrogens with zero attached hydrogens (tertiary/aromatic N) is 5. The minimum Gasteiger partial charge on any atom is -0.461 e. The summed E-state index contributed by atoms with van der Waals surface area (Å²) >= 11 is 0. The number of carbonyl (C=O) groups excluding carboxylic acids is 1. The van der Waals surface area contributed by atoms with Gasteiger partial charge < -0.3 is 9.64 Å². The van der Waals surface area contributed by atoms with Crippen LogP contribution in [0.4, 0.5) is 0 Å². The van der Waals surface area contributed by atoms with Crippen molar-refractivity contribution in [2.75, 3.05) is 13.1 Å². The molecular weight excluding hydrogens is 434 g/mol. The van der Waals surface area contributed by atoms with Crippen molar-refractivity contribution in [3.8, 4) is 6.01 Å². The van der Waals surface area contributed by atoms with Crippen LogP contribution in [0.3, 0.4) is 0 Å². The Labute approximate surface area is 198 Å². The molecule has 4 rings (SSSR count). The summed E-state index contributed by atoms with van der Waals surface area (Å²) in [6.07, 6.45) is 1.80. The van der Waals surface area contributed by atoms with E-state index in [-0.39, 0.29) is 12.0 Å². The number of ether oxygens (including phenoxy) is 1. The molecule has 3 aromatic rings. The Morgan fingerprint density at radius 3 is 2.50 bits per heavy atom. The summed E-state index contributed by atoms with van der Waals surface area (Å²) < 4.78 is 10.6. The van der Waals surface area contributed by atoms with E-state index in [9.17, 15) is 14.4 Å². The predicted octanol–water partition coefficient (Wildman–Crippen LogP) is 2.21. The van der Waals surface area contributed by atoms with E-state index in [0.29, 0.717) is 62.0 Å². The molecule has 0 aliphatic carbocycles. The number of aromatic nitrogens is 4. The lowest BCUT2D eigenvalue weighted by atomic mass is 10.1. The molecule has 0 spiro atoms. The SMILES string of the molecule is Cc1cccc(Cn2c(OC3CCN(C(=O)CC(C)C)CC3)nc3c2c(=O)n(C)c(=O)n3C)c1. The van der Waals surface area contributed by atoms with Gasteiger partial charge in [-0.2, -0.15) is 4.98 Å². The fourth-order valence-electron chi connectivity index (χ4n) is 4.51. The number of hydrogen-bond acceptors (Lipinski definition) is 5. The second-order valence-electron chi connectivity index (χ2n) is 9.64. The molecule has 0 N–H and O–H groups in total. The zero-order chi connectivity index (χ0) is 24.6. The average molecular weight is 468 g/mol. The number of likely N-dealkylation sites (tertiary alicyclic amines) is 1. The van der Waals surface area contributed by atoms with E-state index in [1.165, 1.54) is 11.6 Å². The van der Waals surface area contributed by atoms with Gasteiger partial charge in [0.1, 0.15) is 6.10 Å². The molecule has 9 heteroatoms. The number of piperidine rings is 1. The highest BCUT2D eigenvalue weighted by molar-refractivity contribution is 5.76. The quantitative estimate of drug-likeness (QED) is 0.554. The number of hydrogen-bond donors (Lipinski definition) is 0. The van der Waals surface area contributed by atoms with Gasteiger partial charge in [-0.3, -0.25) is 23.3 Å². The number of rotatable bonds is 6. The molecule has 1 saturated heterocycles. The predicted molar refractivity (Wildman–Crippen MR) is 130 cm³/mol. The molecule has 1 aliphatic rings. The molecule has 3 heterocycles. The first-order valence-electron chi connectivity index (χ1n) is 11.8. The van der Waals surface area contributed by atoms with Crippen molar-refractivity contribution in [3.63, 3.8) is 0 Å². The standard InChI is InChI=1S/C25H33N5O4/c1-16(2)13-20(31)29-11-9-19(10-12-29)34-24-26-22-21(23(32)28(5)25(33)27(22)4)30(24)15-18-8-6-7-17(3)14-18/h6-8,14,16,19H,9-13,15H2,1-5H3. The fourth-order valence-corrected chi connectivity index (χ4v) is 4.51. The van der Waals surface area contributed by atoms with Gasteiger partial charge in [0, 0.05) is 46.4 Å². The van der Waals surface area contributed by atoms with Gasteiger partial charge in [0.25, 0.3) is 11.6 Å². The van der Waals surface area contributed by atoms with Crippen LogP contribution < -0.4 is 16.0 Å². The highest BCUT2D eigenvalue weighted by atomic mass is 16.5. The van der Waals surface area contributed by atoms with Gasteiger partial charge in [-0.25, -0.2) is 4.79 Å². The van der Waals surface area contributed by atoms with Gasteiger partial charge in [0.15, 0.2) is 11.2 Å². The van der Waals surface area contributed by atoms with Gasteiger partial charge >= 0.3 is 5.69 Å². The van der Waals surface area contributed by atoms with Gasteiger partial charge in [-0.1, -0.05) is 43.7 Å². The lowest BCUT2D eigenvalue weighted by molar-refractivity contribution is -0.133. The summed E-state index contributed by atoms with van der Waals surface area (Å²) in [5.41, 5.74) is 1.94. The van der Waals surface area contributed by atoms with E-state index in [1.54, 1.807) is 11.6 Å². The van der Waals surface area contributed by atoms with E-state index < -0.39 is 11.2 Å². The minimum absolute atomic E-state index is 0.128. The zero-order valence-corrected chi connectivity index (χ0v) is 20.6. The Morgan fingerprint density at radius 2 is 1.85 bits per heavy atom. The van der Waals surface area contributed by atoms with Crippen LogP contribution in [0.2, 0.25) is 0 Å². The third kappa shape index (κ3) is 4.64. The summed E-state index contributed by atoms with van der Waals surface area (Å²) in [6, 6.07) is 8.36. The first kappa shape index (κ1) is 23.8. The Bertz CT molecular complexity index is 1330. The molecule has 1 aliphatic heterocycles. The molecule has 9 nitrogen and oxygen atoms in total. The van der Waals surface area contributed by atoms with Gasteiger partial charge in [0.2, 0.25) is 5.91 Å².